The van der Waals surface area contributed by atoms with Gasteiger partial charge < -0.3 is 25.1 Å². The number of nitrogens with one attached hydrogen (secondary N) is 1. The van der Waals surface area contributed by atoms with Crippen molar-refractivity contribution in [3.8, 4) is 11.5 Å². The number of rotatable bonds is 8. The minimum atomic E-state index is -0.382. The smallest absolute Gasteiger partial charge is 0.234 e. The molecule has 0 radical (unpaired) electrons. The number of nitrogens with two attached hydrogens (primary N) is 1. The molecular weight excluding hydrogens is 358 g/mol. The van der Waals surface area contributed by atoms with Gasteiger partial charge >= 0.3 is 0 Å². The lowest BCUT2D eigenvalue weighted by Gasteiger charge is -2.08. The Hall–Kier alpha value is -2.75. The van der Waals surface area contributed by atoms with Crippen LogP contribution in [-0.4, -0.2) is 39.1 Å². The van der Waals surface area contributed by atoms with Crippen LogP contribution in [0.15, 0.2) is 23.4 Å². The lowest BCUT2D eigenvalue weighted by atomic mass is 10.3. The molecule has 1 aliphatic rings. The van der Waals surface area contributed by atoms with Gasteiger partial charge in [-0.3, -0.25) is 9.59 Å². The third kappa shape index (κ3) is 4.26. The van der Waals surface area contributed by atoms with Crippen molar-refractivity contribution in [3.05, 3.63) is 24.0 Å². The van der Waals surface area contributed by atoms with Crippen molar-refractivity contribution < 1.29 is 19.1 Å². The fourth-order valence-electron chi connectivity index (χ4n) is 2.46. The van der Waals surface area contributed by atoms with E-state index in [1.54, 1.807) is 18.2 Å². The van der Waals surface area contributed by atoms with Crippen molar-refractivity contribution in [2.75, 3.05) is 17.9 Å². The highest BCUT2D eigenvalue weighted by atomic mass is 32.2. The lowest BCUT2D eigenvalue weighted by molar-refractivity contribution is -0.118. The maximum Gasteiger partial charge on any atom is 0.234 e. The Labute approximate surface area is 154 Å². The van der Waals surface area contributed by atoms with Crippen LogP contribution in [0.25, 0.3) is 0 Å². The van der Waals surface area contributed by atoms with Crippen LogP contribution >= 0.6 is 11.8 Å². The summed E-state index contributed by atoms with van der Waals surface area (Å²) in [6, 6.07) is 5.23. The molecule has 1 aromatic heterocycles. The Kier molecular flexibility index (Phi) is 5.61. The maximum atomic E-state index is 12.2. The Bertz CT molecular complexity index is 823. The first kappa shape index (κ1) is 18.1. The summed E-state index contributed by atoms with van der Waals surface area (Å²) in [6.07, 6.45) is 0.646. The third-order valence-corrected chi connectivity index (χ3v) is 4.66. The Balaban J connectivity index is 1.56. The second-order valence-electron chi connectivity index (χ2n) is 5.51. The zero-order chi connectivity index (χ0) is 18.5. The van der Waals surface area contributed by atoms with Crippen molar-refractivity contribution in [2.24, 2.45) is 5.73 Å². The van der Waals surface area contributed by atoms with Crippen LogP contribution in [0.1, 0.15) is 19.2 Å². The van der Waals surface area contributed by atoms with Crippen molar-refractivity contribution >= 4 is 29.3 Å². The molecule has 0 bridgehead atoms. The van der Waals surface area contributed by atoms with Crippen LogP contribution < -0.4 is 20.5 Å². The number of ether oxygens (including phenoxy) is 2. The number of nitrogens with zero attached hydrogens (tertiary/aromatic N) is 3. The normalized spacial score (nSPS) is 12.2. The molecule has 10 heteroatoms. The van der Waals surface area contributed by atoms with Crippen LogP contribution in [0.2, 0.25) is 0 Å². The number of carbonyl (C=O) groups is 2. The SMILES string of the molecule is CCn1c(CCC(N)=O)nnc1SCC(=O)Nc1ccc2c(c1)OCO2. The van der Waals surface area contributed by atoms with E-state index in [0.717, 1.165) is 0 Å². The number of aromatic nitrogens is 3. The van der Waals surface area contributed by atoms with Gasteiger partial charge in [-0.2, -0.15) is 0 Å². The molecule has 0 unspecified atom stereocenters. The van der Waals surface area contributed by atoms with Crippen molar-refractivity contribution in [1.29, 1.82) is 0 Å². The Morgan fingerprint density at radius 3 is 2.88 bits per heavy atom. The molecule has 138 valence electrons. The van der Waals surface area contributed by atoms with E-state index in [0.29, 0.717) is 41.1 Å². The quantitative estimate of drug-likeness (QED) is 0.662. The molecule has 2 aromatic rings. The number of primary amides is 1. The standard InChI is InChI=1S/C16H19N5O4S/c1-2-21-14(6-5-13(17)22)19-20-16(21)26-8-15(23)18-10-3-4-11-12(7-10)25-9-24-11/h3-4,7H,2,5-6,8-9H2,1H3,(H2,17,22)(H,18,23). The summed E-state index contributed by atoms with van der Waals surface area (Å²) in [5.74, 6) is 1.59. The summed E-state index contributed by atoms with van der Waals surface area (Å²) in [5.41, 5.74) is 5.81. The molecule has 3 N–H and O–H groups in total. The fourth-order valence-corrected chi connectivity index (χ4v) is 3.29. The molecule has 2 amide bonds. The number of benzene rings is 1. The highest BCUT2D eigenvalue weighted by molar-refractivity contribution is 7.99. The topological polar surface area (TPSA) is 121 Å². The van der Waals surface area contributed by atoms with Gasteiger partial charge in [-0.1, -0.05) is 11.8 Å². The highest BCUT2D eigenvalue weighted by Gasteiger charge is 2.16. The van der Waals surface area contributed by atoms with E-state index in [-0.39, 0.29) is 30.8 Å². The summed E-state index contributed by atoms with van der Waals surface area (Å²) >= 11 is 1.28. The monoisotopic (exact) mass is 377 g/mol. The molecule has 1 aromatic carbocycles. The molecule has 0 fully saturated rings. The van der Waals surface area contributed by atoms with E-state index in [2.05, 4.69) is 15.5 Å². The van der Waals surface area contributed by atoms with Gasteiger partial charge in [0.2, 0.25) is 18.6 Å². The average Bonchev–Trinajstić information content (AvgIpc) is 3.23. The summed E-state index contributed by atoms with van der Waals surface area (Å²) in [6.45, 7) is 2.79. The van der Waals surface area contributed by atoms with Gasteiger partial charge in [0, 0.05) is 31.1 Å². The summed E-state index contributed by atoms with van der Waals surface area (Å²) < 4.78 is 12.4. The van der Waals surface area contributed by atoms with Crippen LogP contribution in [-0.2, 0) is 22.6 Å². The Morgan fingerprint density at radius 1 is 1.31 bits per heavy atom. The Morgan fingerprint density at radius 2 is 2.12 bits per heavy atom. The molecule has 9 nitrogen and oxygen atoms in total. The second kappa shape index (κ2) is 8.09. The predicted molar refractivity (Wildman–Crippen MR) is 95.1 cm³/mol. The molecule has 0 saturated carbocycles. The van der Waals surface area contributed by atoms with Crippen molar-refractivity contribution in [2.45, 2.75) is 31.5 Å². The first-order valence-electron chi connectivity index (χ1n) is 8.09. The average molecular weight is 377 g/mol. The van der Waals surface area contributed by atoms with Crippen LogP contribution in [0.4, 0.5) is 5.69 Å². The van der Waals surface area contributed by atoms with Gasteiger partial charge in [-0.25, -0.2) is 0 Å². The number of fused-ring (bicyclic) bond motifs is 1. The zero-order valence-corrected chi connectivity index (χ0v) is 15.0. The largest absolute Gasteiger partial charge is 0.454 e. The van der Waals surface area contributed by atoms with E-state index in [1.807, 2.05) is 11.5 Å². The van der Waals surface area contributed by atoms with Gasteiger partial charge in [0.15, 0.2) is 16.7 Å². The van der Waals surface area contributed by atoms with Gasteiger partial charge in [-0.05, 0) is 19.1 Å². The van der Waals surface area contributed by atoms with E-state index < -0.39 is 0 Å². The first-order chi connectivity index (χ1) is 12.6. The van der Waals surface area contributed by atoms with Gasteiger partial charge in [0.25, 0.3) is 0 Å². The third-order valence-electron chi connectivity index (χ3n) is 3.69. The molecule has 0 atom stereocenters. The molecule has 1 aliphatic heterocycles. The number of carbonyl (C=O) groups excluding carboxylic acids is 2. The molecule has 2 heterocycles. The molecule has 26 heavy (non-hydrogen) atoms. The number of hydrogen-bond donors (Lipinski definition) is 2. The predicted octanol–water partition coefficient (Wildman–Crippen LogP) is 1.18. The van der Waals surface area contributed by atoms with Crippen molar-refractivity contribution in [3.63, 3.8) is 0 Å². The first-order valence-corrected chi connectivity index (χ1v) is 9.08. The van der Waals surface area contributed by atoms with Gasteiger partial charge in [-0.15, -0.1) is 10.2 Å². The van der Waals surface area contributed by atoms with E-state index in [9.17, 15) is 9.59 Å². The van der Waals surface area contributed by atoms with E-state index in [1.165, 1.54) is 11.8 Å². The minimum Gasteiger partial charge on any atom is -0.454 e. The van der Waals surface area contributed by atoms with E-state index >= 15 is 0 Å². The second-order valence-corrected chi connectivity index (χ2v) is 6.46. The highest BCUT2D eigenvalue weighted by Crippen LogP contribution is 2.34. The molecule has 0 aliphatic carbocycles. The zero-order valence-electron chi connectivity index (χ0n) is 14.2. The number of amides is 2. The molecule has 3 rings (SSSR count). The number of hydrogen-bond acceptors (Lipinski definition) is 7. The van der Waals surface area contributed by atoms with Crippen LogP contribution in [0.5, 0.6) is 11.5 Å². The molecule has 0 saturated heterocycles. The van der Waals surface area contributed by atoms with Crippen LogP contribution in [0.3, 0.4) is 0 Å². The summed E-state index contributed by atoms with van der Waals surface area (Å²) in [7, 11) is 0. The molecular formula is C16H19N5O4S. The number of aryl methyl sites for hydroxylation is 1. The summed E-state index contributed by atoms with van der Waals surface area (Å²) in [5, 5.41) is 11.6. The molecule has 0 spiro atoms. The van der Waals surface area contributed by atoms with Crippen molar-refractivity contribution in [1.82, 2.24) is 14.8 Å². The summed E-state index contributed by atoms with van der Waals surface area (Å²) in [4.78, 5) is 23.1. The maximum absolute atomic E-state index is 12.2. The van der Waals surface area contributed by atoms with E-state index in [4.69, 9.17) is 15.2 Å². The number of anilines is 1. The lowest BCUT2D eigenvalue weighted by Crippen LogP contribution is -2.15. The van der Waals surface area contributed by atoms with Gasteiger partial charge in [0.05, 0.1) is 5.75 Å². The minimum absolute atomic E-state index is 0.168. The van der Waals surface area contributed by atoms with Gasteiger partial charge in [0.1, 0.15) is 5.82 Å². The number of thioether (sulfide) groups is 1. The fraction of sp³-hybridized carbons (Fsp3) is 0.375. The van der Waals surface area contributed by atoms with Crippen LogP contribution in [0, 0.1) is 0 Å².